The van der Waals surface area contributed by atoms with E-state index < -0.39 is 0 Å². The van der Waals surface area contributed by atoms with Crippen molar-refractivity contribution in [3.05, 3.63) is 22.1 Å². The van der Waals surface area contributed by atoms with Crippen molar-refractivity contribution in [3.8, 4) is 0 Å². The number of nitrogens with zero attached hydrogens (tertiary/aromatic N) is 4. The van der Waals surface area contributed by atoms with Crippen molar-refractivity contribution in [1.29, 1.82) is 0 Å². The molecule has 4 heterocycles. The van der Waals surface area contributed by atoms with Gasteiger partial charge in [0.1, 0.15) is 0 Å². The molecule has 0 saturated carbocycles. The second-order valence-corrected chi connectivity index (χ2v) is 7.48. The van der Waals surface area contributed by atoms with E-state index in [1.54, 1.807) is 6.07 Å². The van der Waals surface area contributed by atoms with Crippen molar-refractivity contribution in [1.82, 2.24) is 19.9 Å². The van der Waals surface area contributed by atoms with Gasteiger partial charge in [0.25, 0.3) is 5.56 Å². The van der Waals surface area contributed by atoms with E-state index in [0.717, 1.165) is 43.2 Å². The quantitative estimate of drug-likeness (QED) is 0.903. The van der Waals surface area contributed by atoms with Crippen LogP contribution in [0.4, 0.5) is 5.13 Å². The predicted octanol–water partition coefficient (Wildman–Crippen LogP) is 1.21. The third-order valence-electron chi connectivity index (χ3n) is 5.00. The molecule has 0 aliphatic carbocycles. The lowest BCUT2D eigenvalue weighted by Crippen LogP contribution is -2.45. The first kappa shape index (κ1) is 15.6. The lowest BCUT2D eigenvalue weighted by molar-refractivity contribution is -0.119. The minimum absolute atomic E-state index is 0.120. The molecule has 2 aromatic heterocycles. The largest absolute Gasteiger partial charge is 0.356 e. The van der Waals surface area contributed by atoms with Gasteiger partial charge in [-0.25, -0.2) is 4.98 Å². The third-order valence-corrected chi connectivity index (χ3v) is 5.94. The highest BCUT2D eigenvalue weighted by molar-refractivity contribution is 7.20. The summed E-state index contributed by atoms with van der Waals surface area (Å²) in [4.78, 5) is 31.3. The molecule has 0 aromatic carbocycles. The van der Waals surface area contributed by atoms with Crippen LogP contribution in [0.25, 0.3) is 4.96 Å². The minimum Gasteiger partial charge on any atom is -0.356 e. The van der Waals surface area contributed by atoms with Crippen molar-refractivity contribution in [2.24, 2.45) is 5.92 Å². The van der Waals surface area contributed by atoms with Crippen molar-refractivity contribution in [2.75, 3.05) is 18.0 Å². The molecule has 2 saturated heterocycles. The zero-order valence-electron chi connectivity index (χ0n) is 13.7. The summed E-state index contributed by atoms with van der Waals surface area (Å²) in [5.41, 5.74) is 0.682. The van der Waals surface area contributed by atoms with Crippen LogP contribution in [0, 0.1) is 5.92 Å². The van der Waals surface area contributed by atoms with E-state index in [-0.39, 0.29) is 11.5 Å². The lowest BCUT2D eigenvalue weighted by Gasteiger charge is -2.38. The molecule has 128 valence electrons. The number of amides is 1. The van der Waals surface area contributed by atoms with Crippen molar-refractivity contribution >= 4 is 27.3 Å². The molecular formula is C16H21N5O2S. The summed E-state index contributed by atoms with van der Waals surface area (Å²) in [5, 5.41) is 8.32. The molecule has 1 N–H and O–H groups in total. The van der Waals surface area contributed by atoms with Gasteiger partial charge in [-0.05, 0) is 25.7 Å². The average Bonchev–Trinajstić information content (AvgIpc) is 3.21. The molecular weight excluding hydrogens is 326 g/mol. The number of rotatable bonds is 3. The molecule has 0 bridgehead atoms. The number of aromatic nitrogens is 3. The average molecular weight is 347 g/mol. The van der Waals surface area contributed by atoms with Gasteiger partial charge in [-0.2, -0.15) is 4.52 Å². The van der Waals surface area contributed by atoms with Gasteiger partial charge in [0.05, 0.1) is 0 Å². The van der Waals surface area contributed by atoms with Crippen LogP contribution < -0.4 is 15.8 Å². The first-order valence-corrected chi connectivity index (χ1v) is 9.40. The van der Waals surface area contributed by atoms with E-state index in [1.807, 2.05) is 6.92 Å². The topological polar surface area (TPSA) is 79.6 Å². The first-order chi connectivity index (χ1) is 11.7. The molecule has 2 atom stereocenters. The molecule has 2 fully saturated rings. The van der Waals surface area contributed by atoms with Gasteiger partial charge < -0.3 is 10.2 Å². The van der Waals surface area contributed by atoms with Crippen molar-refractivity contribution < 1.29 is 4.79 Å². The summed E-state index contributed by atoms with van der Waals surface area (Å²) in [6, 6.07) is 1.86. The predicted molar refractivity (Wildman–Crippen MR) is 92.6 cm³/mol. The van der Waals surface area contributed by atoms with Crippen LogP contribution >= 0.6 is 11.3 Å². The van der Waals surface area contributed by atoms with Crippen LogP contribution in [0.5, 0.6) is 0 Å². The maximum absolute atomic E-state index is 12.2. The molecule has 7 nitrogen and oxygen atoms in total. The Morgan fingerprint density at radius 3 is 3.00 bits per heavy atom. The van der Waals surface area contributed by atoms with Gasteiger partial charge in [-0.1, -0.05) is 18.3 Å². The number of hydrogen-bond donors (Lipinski definition) is 1. The zero-order chi connectivity index (χ0) is 16.7. The Balaban J connectivity index is 1.70. The number of nitrogens with one attached hydrogen (secondary N) is 1. The summed E-state index contributed by atoms with van der Waals surface area (Å²) < 4.78 is 1.41. The SMILES string of the molecule is CCc1cc(=O)n2nc(N3CCCC[C@H]3[C@H]3CNC(=O)C3)sc2n1. The van der Waals surface area contributed by atoms with Crippen LogP contribution in [-0.4, -0.2) is 39.6 Å². The summed E-state index contributed by atoms with van der Waals surface area (Å²) in [6.45, 7) is 3.65. The maximum Gasteiger partial charge on any atom is 0.275 e. The van der Waals surface area contributed by atoms with Crippen LogP contribution in [0.15, 0.2) is 10.9 Å². The van der Waals surface area contributed by atoms with Gasteiger partial charge in [0.2, 0.25) is 16.0 Å². The highest BCUT2D eigenvalue weighted by atomic mass is 32.1. The Labute approximate surface area is 143 Å². The van der Waals surface area contributed by atoms with Crippen molar-refractivity contribution in [3.63, 3.8) is 0 Å². The number of aryl methyl sites for hydroxylation is 1. The summed E-state index contributed by atoms with van der Waals surface area (Å²) >= 11 is 1.47. The Hall–Kier alpha value is -1.96. The summed E-state index contributed by atoms with van der Waals surface area (Å²) in [6.07, 6.45) is 4.68. The number of piperidine rings is 1. The Morgan fingerprint density at radius 1 is 1.38 bits per heavy atom. The van der Waals surface area contributed by atoms with E-state index in [9.17, 15) is 9.59 Å². The Kier molecular flexibility index (Phi) is 3.99. The van der Waals surface area contributed by atoms with E-state index >= 15 is 0 Å². The maximum atomic E-state index is 12.2. The van der Waals surface area contributed by atoms with Crippen LogP contribution in [0.3, 0.4) is 0 Å². The molecule has 8 heteroatoms. The highest BCUT2D eigenvalue weighted by Crippen LogP contribution is 2.33. The van der Waals surface area contributed by atoms with Crippen LogP contribution in [0.2, 0.25) is 0 Å². The lowest BCUT2D eigenvalue weighted by atomic mass is 9.90. The standard InChI is InChI=1S/C16H21N5O2S/c1-2-11-8-14(23)21-15(18-11)24-16(19-21)20-6-4-3-5-12(20)10-7-13(22)17-9-10/h8,10,12H,2-7,9H2,1H3,(H,17,22)/t10-,12+/m1/s1. The molecule has 0 unspecified atom stereocenters. The Morgan fingerprint density at radius 2 is 2.25 bits per heavy atom. The van der Waals surface area contributed by atoms with Crippen LogP contribution in [-0.2, 0) is 11.2 Å². The second kappa shape index (κ2) is 6.16. The number of carbonyl (C=O) groups is 1. The fraction of sp³-hybridized carbons (Fsp3) is 0.625. The molecule has 24 heavy (non-hydrogen) atoms. The third kappa shape index (κ3) is 2.68. The van der Waals surface area contributed by atoms with Gasteiger partial charge in [-0.3, -0.25) is 9.59 Å². The zero-order valence-corrected chi connectivity index (χ0v) is 14.5. The number of fused-ring (bicyclic) bond motifs is 1. The van der Waals surface area contributed by atoms with E-state index in [1.165, 1.54) is 22.3 Å². The van der Waals surface area contributed by atoms with Gasteiger partial charge in [-0.15, -0.1) is 5.10 Å². The molecule has 1 amide bonds. The molecule has 2 aromatic rings. The number of anilines is 1. The minimum atomic E-state index is -0.120. The normalized spacial score (nSPS) is 24.5. The fourth-order valence-corrected chi connectivity index (χ4v) is 4.74. The molecule has 4 rings (SSSR count). The Bertz CT molecular complexity index is 829. The van der Waals surface area contributed by atoms with E-state index in [0.29, 0.717) is 23.3 Å². The van der Waals surface area contributed by atoms with E-state index in [2.05, 4.69) is 20.3 Å². The van der Waals surface area contributed by atoms with Gasteiger partial charge in [0, 0.05) is 43.2 Å². The molecule has 0 spiro atoms. The number of hydrogen-bond acceptors (Lipinski definition) is 6. The highest BCUT2D eigenvalue weighted by Gasteiger charge is 2.36. The molecule has 0 radical (unpaired) electrons. The van der Waals surface area contributed by atoms with Crippen molar-refractivity contribution in [2.45, 2.75) is 45.1 Å². The monoisotopic (exact) mass is 347 g/mol. The van der Waals surface area contributed by atoms with Crippen LogP contribution in [0.1, 0.15) is 38.3 Å². The molecule has 2 aliphatic heterocycles. The number of carbonyl (C=O) groups excluding carboxylic acids is 1. The smallest absolute Gasteiger partial charge is 0.275 e. The second-order valence-electron chi connectivity index (χ2n) is 6.54. The summed E-state index contributed by atoms with van der Waals surface area (Å²) in [7, 11) is 0. The summed E-state index contributed by atoms with van der Waals surface area (Å²) in [5.74, 6) is 0.459. The van der Waals surface area contributed by atoms with Gasteiger partial charge in [0.15, 0.2) is 0 Å². The molecule has 2 aliphatic rings. The first-order valence-electron chi connectivity index (χ1n) is 8.59. The van der Waals surface area contributed by atoms with E-state index in [4.69, 9.17) is 0 Å². The fourth-order valence-electron chi connectivity index (χ4n) is 3.73. The van der Waals surface area contributed by atoms with Gasteiger partial charge >= 0.3 is 0 Å².